The van der Waals surface area contributed by atoms with Crippen LogP contribution in [0.1, 0.15) is 5.69 Å². The zero-order chi connectivity index (χ0) is 16.9. The molecule has 1 N–H and O–H groups in total. The number of methoxy groups -OCH3 is 1. The monoisotopic (exact) mass is 343 g/mol. The second-order valence-electron chi connectivity index (χ2n) is 4.26. The standard InChI is InChI=1S/C14H12F3N3O2S/c1-22-10-5-3-2-4-9(10)19-12(21)8-23-13-18-7-6-11(20-13)14(15,16)17/h2-7H,8H2,1H3,(H,19,21). The molecule has 2 rings (SSSR count). The molecule has 0 aliphatic rings. The summed E-state index contributed by atoms with van der Waals surface area (Å²) in [6.07, 6.45) is -3.53. The van der Waals surface area contributed by atoms with Crippen molar-refractivity contribution in [2.45, 2.75) is 11.3 Å². The van der Waals surface area contributed by atoms with Gasteiger partial charge in [0.25, 0.3) is 0 Å². The second-order valence-corrected chi connectivity index (χ2v) is 5.20. The van der Waals surface area contributed by atoms with Crippen LogP contribution in [0.5, 0.6) is 5.75 Å². The fourth-order valence-electron chi connectivity index (χ4n) is 1.63. The predicted octanol–water partition coefficient (Wildman–Crippen LogP) is 3.23. The molecule has 23 heavy (non-hydrogen) atoms. The Morgan fingerprint density at radius 2 is 2.04 bits per heavy atom. The number of carbonyl (C=O) groups excluding carboxylic acids is 1. The van der Waals surface area contributed by atoms with Crippen LogP contribution in [0, 0.1) is 0 Å². The van der Waals surface area contributed by atoms with Crippen molar-refractivity contribution in [1.29, 1.82) is 0 Å². The molecule has 0 bridgehead atoms. The number of rotatable bonds is 5. The minimum atomic E-state index is -4.54. The van der Waals surface area contributed by atoms with Gasteiger partial charge in [0.15, 0.2) is 5.16 Å². The van der Waals surface area contributed by atoms with Crippen molar-refractivity contribution < 1.29 is 22.7 Å². The van der Waals surface area contributed by atoms with Crippen molar-refractivity contribution in [3.05, 3.63) is 42.2 Å². The number of hydrogen-bond acceptors (Lipinski definition) is 5. The summed E-state index contributed by atoms with van der Waals surface area (Å²) in [5, 5.41) is 2.50. The third kappa shape index (κ3) is 4.85. The number of hydrogen-bond donors (Lipinski definition) is 1. The molecule has 0 fully saturated rings. The fourth-order valence-corrected chi connectivity index (χ4v) is 2.26. The van der Waals surface area contributed by atoms with Crippen LogP contribution < -0.4 is 10.1 Å². The van der Waals surface area contributed by atoms with Crippen LogP contribution in [0.25, 0.3) is 0 Å². The van der Waals surface area contributed by atoms with Crippen LogP contribution in [-0.4, -0.2) is 28.7 Å². The Kier molecular flexibility index (Phi) is 5.43. The van der Waals surface area contributed by atoms with Crippen molar-refractivity contribution in [2.24, 2.45) is 0 Å². The van der Waals surface area contributed by atoms with Gasteiger partial charge in [-0.3, -0.25) is 4.79 Å². The van der Waals surface area contributed by atoms with E-state index in [1.165, 1.54) is 7.11 Å². The number of para-hydroxylation sites is 2. The molecule has 0 saturated heterocycles. The van der Waals surface area contributed by atoms with Crippen molar-refractivity contribution in [3.63, 3.8) is 0 Å². The molecule has 0 aliphatic carbocycles. The van der Waals surface area contributed by atoms with Crippen LogP contribution in [0.4, 0.5) is 18.9 Å². The number of halogens is 3. The maximum atomic E-state index is 12.5. The lowest BCUT2D eigenvalue weighted by atomic mass is 10.3. The molecule has 0 saturated carbocycles. The molecule has 0 aliphatic heterocycles. The summed E-state index contributed by atoms with van der Waals surface area (Å²) in [4.78, 5) is 19.0. The lowest BCUT2D eigenvalue weighted by Gasteiger charge is -2.09. The van der Waals surface area contributed by atoms with Gasteiger partial charge in [-0.05, 0) is 18.2 Å². The third-order valence-electron chi connectivity index (χ3n) is 2.64. The number of anilines is 1. The quantitative estimate of drug-likeness (QED) is 0.667. The van der Waals surface area contributed by atoms with E-state index < -0.39 is 17.8 Å². The summed E-state index contributed by atoms with van der Waals surface area (Å²) in [6.45, 7) is 0. The van der Waals surface area contributed by atoms with Gasteiger partial charge in [-0.25, -0.2) is 9.97 Å². The van der Waals surface area contributed by atoms with Gasteiger partial charge in [-0.15, -0.1) is 0 Å². The van der Waals surface area contributed by atoms with Crippen LogP contribution in [-0.2, 0) is 11.0 Å². The molecule has 122 valence electrons. The molecule has 1 aromatic carbocycles. The maximum Gasteiger partial charge on any atom is 0.433 e. The predicted molar refractivity (Wildman–Crippen MR) is 79.4 cm³/mol. The van der Waals surface area contributed by atoms with Crippen molar-refractivity contribution in [2.75, 3.05) is 18.2 Å². The van der Waals surface area contributed by atoms with E-state index in [9.17, 15) is 18.0 Å². The molecule has 9 heteroatoms. The normalized spacial score (nSPS) is 11.1. The summed E-state index contributed by atoms with van der Waals surface area (Å²) in [7, 11) is 1.47. The first-order valence-electron chi connectivity index (χ1n) is 6.36. The highest BCUT2D eigenvalue weighted by molar-refractivity contribution is 7.99. The highest BCUT2D eigenvalue weighted by Crippen LogP contribution is 2.28. The van der Waals surface area contributed by atoms with Gasteiger partial charge in [0.2, 0.25) is 5.91 Å². The number of carbonyl (C=O) groups is 1. The molecule has 5 nitrogen and oxygen atoms in total. The van der Waals surface area contributed by atoms with Crippen LogP contribution in [0.3, 0.4) is 0 Å². The highest BCUT2D eigenvalue weighted by Gasteiger charge is 2.32. The van der Waals surface area contributed by atoms with Gasteiger partial charge >= 0.3 is 6.18 Å². The summed E-state index contributed by atoms with van der Waals surface area (Å²) in [6, 6.07) is 7.58. The Balaban J connectivity index is 1.97. The number of nitrogens with one attached hydrogen (secondary N) is 1. The minimum Gasteiger partial charge on any atom is -0.495 e. The average Bonchev–Trinajstić information content (AvgIpc) is 2.53. The Bertz CT molecular complexity index is 695. The number of ether oxygens (including phenoxy) is 1. The van der Waals surface area contributed by atoms with Crippen molar-refractivity contribution in [1.82, 2.24) is 9.97 Å². The first-order chi connectivity index (χ1) is 10.9. The van der Waals surface area contributed by atoms with Gasteiger partial charge < -0.3 is 10.1 Å². The minimum absolute atomic E-state index is 0.116. The Morgan fingerprint density at radius 3 is 2.74 bits per heavy atom. The smallest absolute Gasteiger partial charge is 0.433 e. The number of alkyl halides is 3. The lowest BCUT2D eigenvalue weighted by Crippen LogP contribution is -2.15. The largest absolute Gasteiger partial charge is 0.495 e. The first kappa shape index (κ1) is 17.1. The van der Waals surface area contributed by atoms with E-state index in [1.807, 2.05) is 0 Å². The molecule has 1 heterocycles. The zero-order valence-electron chi connectivity index (χ0n) is 11.9. The zero-order valence-corrected chi connectivity index (χ0v) is 12.7. The highest BCUT2D eigenvalue weighted by atomic mass is 32.2. The van der Waals surface area contributed by atoms with E-state index in [0.29, 0.717) is 11.4 Å². The summed E-state index contributed by atoms with van der Waals surface area (Å²) < 4.78 is 42.7. The van der Waals surface area contributed by atoms with Gasteiger partial charge in [0, 0.05) is 6.20 Å². The van der Waals surface area contributed by atoms with E-state index >= 15 is 0 Å². The fraction of sp³-hybridized carbons (Fsp3) is 0.214. The third-order valence-corrected chi connectivity index (χ3v) is 3.50. The van der Waals surface area contributed by atoms with Gasteiger partial charge in [-0.1, -0.05) is 23.9 Å². The summed E-state index contributed by atoms with van der Waals surface area (Å²) in [5.74, 6) is -0.0407. The Morgan fingerprint density at radius 1 is 1.30 bits per heavy atom. The van der Waals surface area contributed by atoms with Crippen molar-refractivity contribution in [3.8, 4) is 5.75 Å². The lowest BCUT2D eigenvalue weighted by molar-refractivity contribution is -0.141. The second kappa shape index (κ2) is 7.32. The first-order valence-corrected chi connectivity index (χ1v) is 7.34. The molecule has 0 radical (unpaired) electrons. The number of thioether (sulfide) groups is 1. The number of nitrogens with zero attached hydrogens (tertiary/aromatic N) is 2. The molecule has 2 aromatic rings. The van der Waals surface area contributed by atoms with E-state index in [4.69, 9.17) is 4.74 Å². The van der Waals surface area contributed by atoms with Crippen LogP contribution >= 0.6 is 11.8 Å². The molecular formula is C14H12F3N3O2S. The molecule has 0 atom stereocenters. The number of benzene rings is 1. The van der Waals surface area contributed by atoms with E-state index in [-0.39, 0.29) is 10.9 Å². The molecular weight excluding hydrogens is 331 g/mol. The Hall–Kier alpha value is -2.29. The van der Waals surface area contributed by atoms with Crippen LogP contribution in [0.2, 0.25) is 0 Å². The molecule has 0 spiro atoms. The number of aromatic nitrogens is 2. The van der Waals surface area contributed by atoms with Gasteiger partial charge in [0.05, 0.1) is 18.6 Å². The maximum absolute atomic E-state index is 12.5. The molecule has 1 amide bonds. The van der Waals surface area contributed by atoms with Crippen LogP contribution in [0.15, 0.2) is 41.7 Å². The molecule has 0 unspecified atom stereocenters. The van der Waals surface area contributed by atoms with Gasteiger partial charge in [0.1, 0.15) is 11.4 Å². The topological polar surface area (TPSA) is 64.1 Å². The SMILES string of the molecule is COc1ccccc1NC(=O)CSc1nccc(C(F)(F)F)n1. The summed E-state index contributed by atoms with van der Waals surface area (Å²) >= 11 is 0.816. The van der Waals surface area contributed by atoms with E-state index in [1.54, 1.807) is 24.3 Å². The van der Waals surface area contributed by atoms with E-state index in [0.717, 1.165) is 24.0 Å². The van der Waals surface area contributed by atoms with Crippen molar-refractivity contribution >= 4 is 23.4 Å². The average molecular weight is 343 g/mol. The number of amides is 1. The van der Waals surface area contributed by atoms with Gasteiger partial charge in [-0.2, -0.15) is 13.2 Å². The Labute approximate surface area is 134 Å². The molecule has 1 aromatic heterocycles. The van der Waals surface area contributed by atoms with E-state index in [2.05, 4.69) is 15.3 Å². The summed E-state index contributed by atoms with van der Waals surface area (Å²) in [5.41, 5.74) is -0.564.